The van der Waals surface area contributed by atoms with Gasteiger partial charge < -0.3 is 14.6 Å². The highest BCUT2D eigenvalue weighted by atomic mass is 16.4. The van der Waals surface area contributed by atoms with Gasteiger partial charge in [0.05, 0.1) is 24.5 Å². The molecule has 6 nitrogen and oxygen atoms in total. The predicted octanol–water partition coefficient (Wildman–Crippen LogP) is 1.04. The first-order chi connectivity index (χ1) is 9.15. The van der Waals surface area contributed by atoms with Gasteiger partial charge in [-0.1, -0.05) is 0 Å². The van der Waals surface area contributed by atoms with E-state index in [1.807, 2.05) is 0 Å². The standard InChI is InChI=1S/C13H17N3O3/c17-12-4-1-9(13(18)19)6-15(12)7-11-5-14-8-16(11)10-2-3-10/h5,8-10H,1-4,6-7H2,(H,18,19). The van der Waals surface area contributed by atoms with Crippen LogP contribution in [0.2, 0.25) is 0 Å². The first-order valence-electron chi connectivity index (χ1n) is 6.66. The zero-order valence-corrected chi connectivity index (χ0v) is 10.7. The summed E-state index contributed by atoms with van der Waals surface area (Å²) in [5.41, 5.74) is 1.00. The highest BCUT2D eigenvalue weighted by Gasteiger charge is 2.31. The molecule has 1 saturated carbocycles. The Morgan fingerprint density at radius 2 is 2.21 bits per heavy atom. The second kappa shape index (κ2) is 4.68. The maximum absolute atomic E-state index is 11.9. The van der Waals surface area contributed by atoms with Gasteiger partial charge in [-0.3, -0.25) is 9.59 Å². The molecular weight excluding hydrogens is 246 g/mol. The number of aliphatic carboxylic acids is 1. The lowest BCUT2D eigenvalue weighted by Gasteiger charge is -2.30. The molecule has 19 heavy (non-hydrogen) atoms. The monoisotopic (exact) mass is 263 g/mol. The van der Waals surface area contributed by atoms with Gasteiger partial charge in [-0.25, -0.2) is 4.98 Å². The SMILES string of the molecule is O=C(O)C1CCC(=O)N(Cc2cncn2C2CC2)C1. The van der Waals surface area contributed by atoms with Crippen molar-refractivity contribution in [3.63, 3.8) is 0 Å². The van der Waals surface area contributed by atoms with E-state index in [4.69, 9.17) is 5.11 Å². The van der Waals surface area contributed by atoms with Gasteiger partial charge in [0.15, 0.2) is 0 Å². The molecule has 1 amide bonds. The van der Waals surface area contributed by atoms with Crippen molar-refractivity contribution in [3.05, 3.63) is 18.2 Å². The molecule has 1 aromatic heterocycles. The molecule has 3 rings (SSSR count). The van der Waals surface area contributed by atoms with Crippen molar-refractivity contribution < 1.29 is 14.7 Å². The van der Waals surface area contributed by atoms with Gasteiger partial charge in [0, 0.05) is 25.2 Å². The van der Waals surface area contributed by atoms with Crippen molar-refractivity contribution in [3.8, 4) is 0 Å². The maximum Gasteiger partial charge on any atom is 0.308 e. The molecule has 2 aliphatic rings. The van der Waals surface area contributed by atoms with Crippen LogP contribution < -0.4 is 0 Å². The first-order valence-corrected chi connectivity index (χ1v) is 6.66. The predicted molar refractivity (Wildman–Crippen MR) is 66.3 cm³/mol. The van der Waals surface area contributed by atoms with Crippen LogP contribution in [-0.2, 0) is 16.1 Å². The van der Waals surface area contributed by atoms with E-state index in [1.165, 1.54) is 0 Å². The minimum Gasteiger partial charge on any atom is -0.481 e. The van der Waals surface area contributed by atoms with Crippen LogP contribution in [0.25, 0.3) is 0 Å². The molecule has 2 fully saturated rings. The Morgan fingerprint density at radius 1 is 1.42 bits per heavy atom. The molecule has 1 aliphatic carbocycles. The summed E-state index contributed by atoms with van der Waals surface area (Å²) in [5, 5.41) is 9.07. The number of nitrogens with zero attached hydrogens (tertiary/aromatic N) is 3. The van der Waals surface area contributed by atoms with Gasteiger partial charge in [0.25, 0.3) is 0 Å². The third-order valence-electron chi connectivity index (χ3n) is 3.89. The van der Waals surface area contributed by atoms with E-state index < -0.39 is 11.9 Å². The average Bonchev–Trinajstić information content (AvgIpc) is 3.12. The summed E-state index contributed by atoms with van der Waals surface area (Å²) in [7, 11) is 0. The van der Waals surface area contributed by atoms with Crippen LogP contribution in [0.5, 0.6) is 0 Å². The Balaban J connectivity index is 1.71. The summed E-state index contributed by atoms with van der Waals surface area (Å²) in [5.74, 6) is -1.20. The van der Waals surface area contributed by atoms with Crippen molar-refractivity contribution in [1.29, 1.82) is 0 Å². The molecule has 1 aliphatic heterocycles. The van der Waals surface area contributed by atoms with E-state index in [9.17, 15) is 9.59 Å². The molecular formula is C13H17N3O3. The summed E-state index contributed by atoms with van der Waals surface area (Å²) in [6.07, 6.45) is 6.68. The Morgan fingerprint density at radius 3 is 2.89 bits per heavy atom. The Labute approximate surface area is 111 Å². The van der Waals surface area contributed by atoms with Crippen LogP contribution in [0.15, 0.2) is 12.5 Å². The van der Waals surface area contributed by atoms with Crippen LogP contribution in [0, 0.1) is 5.92 Å². The van der Waals surface area contributed by atoms with Crippen molar-refractivity contribution in [1.82, 2.24) is 14.5 Å². The number of likely N-dealkylation sites (tertiary alicyclic amines) is 1. The number of piperidine rings is 1. The molecule has 6 heteroatoms. The fourth-order valence-corrected chi connectivity index (χ4v) is 2.60. The largest absolute Gasteiger partial charge is 0.481 e. The number of carboxylic acids is 1. The van der Waals surface area contributed by atoms with E-state index in [0.717, 1.165) is 18.5 Å². The third-order valence-corrected chi connectivity index (χ3v) is 3.89. The third kappa shape index (κ3) is 2.47. The number of carbonyl (C=O) groups is 2. The Kier molecular flexibility index (Phi) is 3.00. The zero-order chi connectivity index (χ0) is 13.4. The van der Waals surface area contributed by atoms with Crippen LogP contribution in [0.3, 0.4) is 0 Å². The molecule has 0 radical (unpaired) electrons. The molecule has 1 saturated heterocycles. The van der Waals surface area contributed by atoms with E-state index in [-0.39, 0.29) is 5.91 Å². The zero-order valence-electron chi connectivity index (χ0n) is 10.7. The normalized spacial score (nSPS) is 23.7. The van der Waals surface area contributed by atoms with E-state index in [2.05, 4.69) is 9.55 Å². The number of imidazole rings is 1. The van der Waals surface area contributed by atoms with Crippen LogP contribution in [0.1, 0.15) is 37.4 Å². The van der Waals surface area contributed by atoms with Crippen molar-refractivity contribution in [2.75, 3.05) is 6.54 Å². The average molecular weight is 263 g/mol. The highest BCUT2D eigenvalue weighted by Crippen LogP contribution is 2.36. The Hall–Kier alpha value is -1.85. The number of aromatic nitrogens is 2. The molecule has 102 valence electrons. The van der Waals surface area contributed by atoms with Crippen molar-refractivity contribution >= 4 is 11.9 Å². The minimum atomic E-state index is -0.812. The topological polar surface area (TPSA) is 75.4 Å². The fraction of sp³-hybridized carbons (Fsp3) is 0.615. The molecule has 1 unspecified atom stereocenters. The molecule has 1 aromatic rings. The summed E-state index contributed by atoms with van der Waals surface area (Å²) in [4.78, 5) is 28.7. The lowest BCUT2D eigenvalue weighted by molar-refractivity contribution is -0.147. The van der Waals surface area contributed by atoms with Crippen LogP contribution in [-0.4, -0.2) is 38.0 Å². The molecule has 1 N–H and O–H groups in total. The van der Waals surface area contributed by atoms with Crippen molar-refractivity contribution in [2.45, 2.75) is 38.3 Å². The highest BCUT2D eigenvalue weighted by molar-refractivity contribution is 5.80. The van der Waals surface area contributed by atoms with Gasteiger partial charge in [-0.2, -0.15) is 0 Å². The lowest BCUT2D eigenvalue weighted by Crippen LogP contribution is -2.42. The maximum atomic E-state index is 11.9. The lowest BCUT2D eigenvalue weighted by atomic mass is 9.97. The first kappa shape index (κ1) is 12.2. The number of hydrogen-bond donors (Lipinski definition) is 1. The summed E-state index contributed by atoms with van der Waals surface area (Å²) >= 11 is 0. The van der Waals surface area contributed by atoms with Crippen LogP contribution in [0.4, 0.5) is 0 Å². The van der Waals surface area contributed by atoms with E-state index in [0.29, 0.717) is 32.0 Å². The van der Waals surface area contributed by atoms with Gasteiger partial charge in [0.2, 0.25) is 5.91 Å². The molecule has 0 aromatic carbocycles. The summed E-state index contributed by atoms with van der Waals surface area (Å²) in [6.45, 7) is 0.781. The van der Waals surface area contributed by atoms with E-state index in [1.54, 1.807) is 17.4 Å². The number of rotatable bonds is 4. The van der Waals surface area contributed by atoms with Gasteiger partial charge >= 0.3 is 5.97 Å². The Bertz CT molecular complexity index is 507. The van der Waals surface area contributed by atoms with Gasteiger partial charge in [-0.15, -0.1) is 0 Å². The number of carboxylic acid groups (broad SMARTS) is 1. The van der Waals surface area contributed by atoms with Crippen LogP contribution >= 0.6 is 0 Å². The molecule has 2 heterocycles. The van der Waals surface area contributed by atoms with Gasteiger partial charge in [-0.05, 0) is 19.3 Å². The van der Waals surface area contributed by atoms with Crippen molar-refractivity contribution in [2.24, 2.45) is 5.92 Å². The fourth-order valence-electron chi connectivity index (χ4n) is 2.60. The summed E-state index contributed by atoms with van der Waals surface area (Å²) in [6, 6.07) is 0.521. The number of carbonyl (C=O) groups excluding carboxylic acids is 1. The quantitative estimate of drug-likeness (QED) is 0.880. The molecule has 0 bridgehead atoms. The molecule has 0 spiro atoms. The number of hydrogen-bond acceptors (Lipinski definition) is 3. The number of amides is 1. The summed E-state index contributed by atoms with van der Waals surface area (Å²) < 4.78 is 2.11. The smallest absolute Gasteiger partial charge is 0.308 e. The van der Waals surface area contributed by atoms with Gasteiger partial charge in [0.1, 0.15) is 0 Å². The minimum absolute atomic E-state index is 0.0426. The molecule has 1 atom stereocenters. The second-order valence-electron chi connectivity index (χ2n) is 5.37. The van der Waals surface area contributed by atoms with E-state index >= 15 is 0 Å². The second-order valence-corrected chi connectivity index (χ2v) is 5.37.